The Bertz CT molecular complexity index is 499. The van der Waals surface area contributed by atoms with Crippen LogP contribution in [0.1, 0.15) is 38.3 Å². The average Bonchev–Trinajstić information content (AvgIpc) is 2.73. The molecule has 5 nitrogen and oxygen atoms in total. The highest BCUT2D eigenvalue weighted by molar-refractivity contribution is 6.01. The lowest BCUT2D eigenvalue weighted by Gasteiger charge is -2.12. The molecule has 1 aromatic heterocycles. The van der Waals surface area contributed by atoms with E-state index in [9.17, 15) is 9.59 Å². The van der Waals surface area contributed by atoms with E-state index in [4.69, 9.17) is 9.52 Å². The van der Waals surface area contributed by atoms with E-state index in [0.717, 1.165) is 5.76 Å². The van der Waals surface area contributed by atoms with Crippen molar-refractivity contribution in [2.75, 3.05) is 0 Å². The summed E-state index contributed by atoms with van der Waals surface area (Å²) < 4.78 is 5.39. The highest BCUT2D eigenvalue weighted by Gasteiger charge is 2.17. The van der Waals surface area contributed by atoms with E-state index in [2.05, 4.69) is 5.32 Å². The lowest BCUT2D eigenvalue weighted by Crippen LogP contribution is -2.28. The zero-order valence-electron chi connectivity index (χ0n) is 10.9. The summed E-state index contributed by atoms with van der Waals surface area (Å²) in [5.74, 6) is -0.0951. The molecule has 1 atom stereocenters. The van der Waals surface area contributed by atoms with Crippen molar-refractivity contribution in [2.45, 2.75) is 33.7 Å². The molecule has 0 radical (unpaired) electrons. The molecule has 0 aliphatic heterocycles. The second-order valence-electron chi connectivity index (χ2n) is 4.20. The molecule has 0 aliphatic rings. The molecule has 2 N–H and O–H groups in total. The van der Waals surface area contributed by atoms with Crippen molar-refractivity contribution in [3.63, 3.8) is 0 Å². The van der Waals surface area contributed by atoms with Gasteiger partial charge in [-0.3, -0.25) is 4.79 Å². The minimum Gasteiger partial charge on any atom is -0.478 e. The predicted molar refractivity (Wildman–Crippen MR) is 66.0 cm³/mol. The number of carbonyl (C=O) groups excluding carboxylic acids is 1. The van der Waals surface area contributed by atoms with Gasteiger partial charge in [0, 0.05) is 11.1 Å². The second kappa shape index (κ2) is 5.53. The van der Waals surface area contributed by atoms with Gasteiger partial charge in [-0.1, -0.05) is 0 Å². The van der Waals surface area contributed by atoms with Crippen LogP contribution in [-0.2, 0) is 9.59 Å². The van der Waals surface area contributed by atoms with Crippen LogP contribution in [0.4, 0.5) is 0 Å². The third kappa shape index (κ3) is 3.23. The van der Waals surface area contributed by atoms with Gasteiger partial charge in [0.15, 0.2) is 0 Å². The summed E-state index contributed by atoms with van der Waals surface area (Å²) in [7, 11) is 0. The molecule has 98 valence electrons. The summed E-state index contributed by atoms with van der Waals surface area (Å²) in [5, 5.41) is 11.5. The quantitative estimate of drug-likeness (QED) is 0.804. The summed E-state index contributed by atoms with van der Waals surface area (Å²) in [4.78, 5) is 22.6. The molecule has 18 heavy (non-hydrogen) atoms. The van der Waals surface area contributed by atoms with Crippen LogP contribution in [0.25, 0.3) is 0 Å². The Morgan fingerprint density at radius 2 is 1.89 bits per heavy atom. The van der Waals surface area contributed by atoms with Gasteiger partial charge in [0.2, 0.25) is 5.91 Å². The molecule has 5 heteroatoms. The summed E-state index contributed by atoms with van der Waals surface area (Å²) in [6, 6.07) is 3.29. The van der Waals surface area contributed by atoms with E-state index in [1.807, 2.05) is 13.0 Å². The van der Waals surface area contributed by atoms with Gasteiger partial charge < -0.3 is 14.8 Å². The number of aliphatic carboxylic acids is 1. The van der Waals surface area contributed by atoms with Crippen molar-refractivity contribution >= 4 is 11.9 Å². The molecule has 0 saturated carbocycles. The molecule has 0 saturated heterocycles. The smallest absolute Gasteiger partial charge is 0.331 e. The highest BCUT2D eigenvalue weighted by atomic mass is 16.4. The summed E-state index contributed by atoms with van der Waals surface area (Å²) in [6.07, 6.45) is 0. The largest absolute Gasteiger partial charge is 0.478 e. The number of furan rings is 1. The number of rotatable bonds is 4. The van der Waals surface area contributed by atoms with Gasteiger partial charge in [-0.05, 0) is 39.8 Å². The van der Waals surface area contributed by atoms with E-state index >= 15 is 0 Å². The van der Waals surface area contributed by atoms with Crippen molar-refractivity contribution in [3.05, 3.63) is 34.8 Å². The molecule has 1 unspecified atom stereocenters. The monoisotopic (exact) mass is 251 g/mol. The minimum absolute atomic E-state index is 0.0373. The van der Waals surface area contributed by atoms with Crippen LogP contribution in [0.2, 0.25) is 0 Å². The second-order valence-corrected chi connectivity index (χ2v) is 4.20. The number of aryl methyl sites for hydroxylation is 1. The van der Waals surface area contributed by atoms with Crippen molar-refractivity contribution in [2.24, 2.45) is 0 Å². The minimum atomic E-state index is -1.09. The Labute approximate surface area is 105 Å². The molecule has 0 aliphatic carbocycles. The predicted octanol–water partition coefficient (Wildman–Crippen LogP) is 2.19. The molecule has 0 aromatic carbocycles. The average molecular weight is 251 g/mol. The van der Waals surface area contributed by atoms with E-state index in [1.165, 1.54) is 13.8 Å². The van der Waals surface area contributed by atoms with E-state index < -0.39 is 11.9 Å². The van der Waals surface area contributed by atoms with E-state index in [1.54, 1.807) is 13.0 Å². The first-order valence-corrected chi connectivity index (χ1v) is 5.61. The van der Waals surface area contributed by atoms with Crippen LogP contribution in [0, 0.1) is 6.92 Å². The van der Waals surface area contributed by atoms with Crippen LogP contribution in [0.15, 0.2) is 27.7 Å². The molecule has 0 fully saturated rings. The normalized spacial score (nSPS) is 13.8. The number of carboxylic acid groups (broad SMARTS) is 1. The van der Waals surface area contributed by atoms with Crippen LogP contribution >= 0.6 is 0 Å². The molecular weight excluding hydrogens is 234 g/mol. The number of carbonyl (C=O) groups is 2. The Morgan fingerprint density at radius 3 is 2.33 bits per heavy atom. The molecule has 0 bridgehead atoms. The number of nitrogens with one attached hydrogen (secondary N) is 1. The Morgan fingerprint density at radius 1 is 1.28 bits per heavy atom. The maximum Gasteiger partial charge on any atom is 0.331 e. The topological polar surface area (TPSA) is 79.5 Å². The van der Waals surface area contributed by atoms with E-state index in [-0.39, 0.29) is 17.2 Å². The van der Waals surface area contributed by atoms with Crippen molar-refractivity contribution in [3.8, 4) is 0 Å². The fraction of sp³-hybridized carbons (Fsp3) is 0.385. The first-order chi connectivity index (χ1) is 8.32. The Kier molecular flexibility index (Phi) is 4.31. The zero-order chi connectivity index (χ0) is 13.9. The van der Waals surface area contributed by atoms with Gasteiger partial charge in [0.25, 0.3) is 0 Å². The fourth-order valence-corrected chi connectivity index (χ4v) is 1.39. The molecular formula is C13H17NO4. The summed E-state index contributed by atoms with van der Waals surface area (Å²) >= 11 is 0. The van der Waals surface area contributed by atoms with Gasteiger partial charge in [0.05, 0.1) is 6.04 Å². The van der Waals surface area contributed by atoms with E-state index in [0.29, 0.717) is 5.76 Å². The maximum absolute atomic E-state index is 11.8. The lowest BCUT2D eigenvalue weighted by atomic mass is 10.1. The molecule has 0 spiro atoms. The SMILES string of the molecule is CC(C(=O)O)=C(C)C(=O)NC(C)c1ccc(C)o1. The highest BCUT2D eigenvalue weighted by Crippen LogP contribution is 2.16. The van der Waals surface area contributed by atoms with Crippen LogP contribution in [0.3, 0.4) is 0 Å². The first kappa shape index (κ1) is 14.0. The van der Waals surface area contributed by atoms with Crippen LogP contribution < -0.4 is 5.32 Å². The number of carboxylic acids is 1. The van der Waals surface area contributed by atoms with Gasteiger partial charge in [-0.25, -0.2) is 4.79 Å². The van der Waals surface area contributed by atoms with Gasteiger partial charge in [0.1, 0.15) is 11.5 Å². The zero-order valence-corrected chi connectivity index (χ0v) is 10.9. The maximum atomic E-state index is 11.8. The van der Waals surface area contributed by atoms with Gasteiger partial charge >= 0.3 is 5.97 Å². The summed E-state index contributed by atoms with van der Waals surface area (Å²) in [6.45, 7) is 6.48. The first-order valence-electron chi connectivity index (χ1n) is 5.61. The number of hydrogen-bond donors (Lipinski definition) is 2. The number of hydrogen-bond acceptors (Lipinski definition) is 3. The van der Waals surface area contributed by atoms with Crippen molar-refractivity contribution in [1.29, 1.82) is 0 Å². The fourth-order valence-electron chi connectivity index (χ4n) is 1.39. The number of amides is 1. The molecule has 1 rings (SSSR count). The third-order valence-corrected chi connectivity index (χ3v) is 2.76. The molecule has 1 amide bonds. The van der Waals surface area contributed by atoms with Crippen LogP contribution in [0.5, 0.6) is 0 Å². The Balaban J connectivity index is 2.77. The third-order valence-electron chi connectivity index (χ3n) is 2.76. The summed E-state index contributed by atoms with van der Waals surface area (Å²) in [5.41, 5.74) is 0.230. The lowest BCUT2D eigenvalue weighted by molar-refractivity contribution is -0.133. The standard InChI is InChI=1S/C13H17NO4/c1-7-5-6-11(18-7)10(4)14-12(15)8(2)9(3)13(16)17/h5-6,10H,1-4H3,(H,14,15)(H,16,17). The van der Waals surface area contributed by atoms with Crippen molar-refractivity contribution in [1.82, 2.24) is 5.32 Å². The van der Waals surface area contributed by atoms with Gasteiger partial charge in [-0.2, -0.15) is 0 Å². The Hall–Kier alpha value is -2.04. The van der Waals surface area contributed by atoms with Crippen LogP contribution in [-0.4, -0.2) is 17.0 Å². The van der Waals surface area contributed by atoms with Gasteiger partial charge in [-0.15, -0.1) is 0 Å². The molecule has 1 aromatic rings. The molecule has 1 heterocycles. The van der Waals surface area contributed by atoms with Crippen molar-refractivity contribution < 1.29 is 19.1 Å².